The van der Waals surface area contributed by atoms with Crippen molar-refractivity contribution in [2.24, 2.45) is 0 Å². The van der Waals surface area contributed by atoms with Crippen molar-refractivity contribution in [3.8, 4) is 5.75 Å². The highest BCUT2D eigenvalue weighted by atomic mass is 16.5. The van der Waals surface area contributed by atoms with Crippen molar-refractivity contribution in [2.45, 2.75) is 57.2 Å². The Labute approximate surface area is 139 Å². The summed E-state index contributed by atoms with van der Waals surface area (Å²) in [6, 6.07) is 9.21. The molecule has 0 amide bonds. The van der Waals surface area contributed by atoms with Crippen LogP contribution in [-0.2, 0) is 6.42 Å². The Bertz CT molecular complexity index is 438. The van der Waals surface area contributed by atoms with Gasteiger partial charge in [-0.2, -0.15) is 0 Å². The molecule has 0 aromatic heterocycles. The molecular formula is C18H30N2O3. The van der Waals surface area contributed by atoms with Crippen LogP contribution in [0.5, 0.6) is 5.75 Å². The second kappa shape index (κ2) is 9.88. The van der Waals surface area contributed by atoms with E-state index in [0.29, 0.717) is 12.1 Å². The zero-order valence-electron chi connectivity index (χ0n) is 14.0. The van der Waals surface area contributed by atoms with Crippen LogP contribution < -0.4 is 15.4 Å². The van der Waals surface area contributed by atoms with Crippen LogP contribution in [0.1, 0.15) is 38.2 Å². The number of benzene rings is 1. The molecule has 2 rings (SSSR count). The van der Waals surface area contributed by atoms with Gasteiger partial charge in [0.25, 0.3) is 0 Å². The van der Waals surface area contributed by atoms with Crippen LogP contribution in [-0.4, -0.2) is 48.3 Å². The number of hydrogen-bond acceptors (Lipinski definition) is 5. The molecule has 23 heavy (non-hydrogen) atoms. The lowest BCUT2D eigenvalue weighted by atomic mass is 9.98. The van der Waals surface area contributed by atoms with E-state index in [-0.39, 0.29) is 13.2 Å². The lowest BCUT2D eigenvalue weighted by molar-refractivity contribution is 0.0536. The third kappa shape index (κ3) is 6.11. The van der Waals surface area contributed by atoms with Crippen molar-refractivity contribution >= 4 is 0 Å². The predicted molar refractivity (Wildman–Crippen MR) is 91.6 cm³/mol. The molecule has 3 atom stereocenters. The topological polar surface area (TPSA) is 73.8 Å². The van der Waals surface area contributed by atoms with E-state index in [9.17, 15) is 5.11 Å². The van der Waals surface area contributed by atoms with E-state index in [0.717, 1.165) is 18.8 Å². The molecule has 1 fully saturated rings. The van der Waals surface area contributed by atoms with E-state index in [2.05, 4.69) is 29.7 Å². The Morgan fingerprint density at radius 1 is 1.17 bits per heavy atom. The molecule has 1 saturated heterocycles. The van der Waals surface area contributed by atoms with Crippen molar-refractivity contribution < 1.29 is 14.9 Å². The molecule has 1 aromatic carbocycles. The molecule has 4 N–H and O–H groups in total. The first-order valence-electron chi connectivity index (χ1n) is 8.70. The zero-order valence-corrected chi connectivity index (χ0v) is 14.0. The summed E-state index contributed by atoms with van der Waals surface area (Å²) in [6.45, 7) is 3.01. The minimum absolute atomic E-state index is 0.120. The fraction of sp³-hybridized carbons (Fsp3) is 0.667. The highest BCUT2D eigenvalue weighted by Gasteiger charge is 2.24. The minimum atomic E-state index is -0.821. The molecule has 0 bridgehead atoms. The summed E-state index contributed by atoms with van der Waals surface area (Å²) < 4.78 is 5.41. The molecule has 1 aliphatic rings. The van der Waals surface area contributed by atoms with Crippen LogP contribution in [0.4, 0.5) is 0 Å². The van der Waals surface area contributed by atoms with Crippen LogP contribution in [0.3, 0.4) is 0 Å². The van der Waals surface area contributed by atoms with Crippen LogP contribution >= 0.6 is 0 Å². The van der Waals surface area contributed by atoms with E-state index in [1.165, 1.54) is 31.2 Å². The summed E-state index contributed by atoms with van der Waals surface area (Å²) in [6.07, 6.45) is 5.07. The van der Waals surface area contributed by atoms with Gasteiger partial charge in [0.1, 0.15) is 18.5 Å². The van der Waals surface area contributed by atoms with Gasteiger partial charge in [-0.1, -0.05) is 25.5 Å². The van der Waals surface area contributed by atoms with Gasteiger partial charge in [-0.25, -0.2) is 0 Å². The maximum Gasteiger partial charge on any atom is 0.119 e. The van der Waals surface area contributed by atoms with E-state index < -0.39 is 6.10 Å². The molecule has 0 aliphatic carbocycles. The van der Waals surface area contributed by atoms with Crippen molar-refractivity contribution in [3.63, 3.8) is 0 Å². The number of rotatable bonds is 10. The quantitative estimate of drug-likeness (QED) is 0.524. The van der Waals surface area contributed by atoms with Gasteiger partial charge in [0.2, 0.25) is 0 Å². The molecule has 0 saturated carbocycles. The van der Waals surface area contributed by atoms with Gasteiger partial charge in [0, 0.05) is 18.8 Å². The summed E-state index contributed by atoms with van der Waals surface area (Å²) in [7, 11) is 0. The van der Waals surface area contributed by atoms with Crippen LogP contribution in [0.2, 0.25) is 0 Å². The molecule has 0 radical (unpaired) electrons. The summed E-state index contributed by atoms with van der Waals surface area (Å²) in [5.41, 5.74) is 1.30. The molecule has 1 heterocycles. The van der Waals surface area contributed by atoms with Crippen molar-refractivity contribution in [2.75, 3.05) is 19.9 Å². The fourth-order valence-electron chi connectivity index (χ4n) is 3.05. The van der Waals surface area contributed by atoms with Gasteiger partial charge < -0.3 is 25.6 Å². The largest absolute Gasteiger partial charge is 0.491 e. The van der Waals surface area contributed by atoms with Gasteiger partial charge >= 0.3 is 0 Å². The Hall–Kier alpha value is -1.14. The number of ether oxygens (including phenoxy) is 1. The normalized spacial score (nSPS) is 22.2. The van der Waals surface area contributed by atoms with Gasteiger partial charge in [-0.15, -0.1) is 0 Å². The monoisotopic (exact) mass is 322 g/mol. The molecule has 5 heteroatoms. The van der Waals surface area contributed by atoms with Crippen LogP contribution in [0, 0.1) is 0 Å². The van der Waals surface area contributed by atoms with Gasteiger partial charge in [-0.3, -0.25) is 0 Å². The maximum absolute atomic E-state index is 9.27. The van der Waals surface area contributed by atoms with E-state index in [1.54, 1.807) is 0 Å². The SMILES string of the molecule is CCCC1NCNC1CCCc1ccc(OC[C@@H](O)CO)cc1. The molecule has 0 spiro atoms. The Balaban J connectivity index is 1.69. The number of aryl methyl sites for hydroxylation is 1. The van der Waals surface area contributed by atoms with Gasteiger partial charge in [-0.05, 0) is 43.4 Å². The first-order chi connectivity index (χ1) is 11.2. The summed E-state index contributed by atoms with van der Waals surface area (Å²) >= 11 is 0. The average molecular weight is 322 g/mol. The summed E-state index contributed by atoms with van der Waals surface area (Å²) in [4.78, 5) is 0. The lowest BCUT2D eigenvalue weighted by Crippen LogP contribution is -2.33. The molecule has 5 nitrogen and oxygen atoms in total. The number of aliphatic hydroxyl groups excluding tert-OH is 2. The zero-order chi connectivity index (χ0) is 16.5. The van der Waals surface area contributed by atoms with E-state index >= 15 is 0 Å². The van der Waals surface area contributed by atoms with E-state index in [1.807, 2.05) is 12.1 Å². The van der Waals surface area contributed by atoms with Crippen LogP contribution in [0.25, 0.3) is 0 Å². The van der Waals surface area contributed by atoms with Crippen molar-refractivity contribution in [1.29, 1.82) is 0 Å². The van der Waals surface area contributed by atoms with Crippen molar-refractivity contribution in [1.82, 2.24) is 10.6 Å². The second-order valence-electron chi connectivity index (χ2n) is 6.27. The smallest absolute Gasteiger partial charge is 0.119 e. The third-order valence-electron chi connectivity index (χ3n) is 4.37. The number of nitrogens with one attached hydrogen (secondary N) is 2. The average Bonchev–Trinajstić information content (AvgIpc) is 3.01. The standard InChI is InChI=1S/C18H30N2O3/c1-2-4-17-18(20-13-19-17)6-3-5-14-7-9-16(10-8-14)23-12-15(22)11-21/h7-10,15,17-22H,2-6,11-13H2,1H3/t15-,17?,18?/m0/s1. The van der Waals surface area contributed by atoms with Gasteiger partial charge in [0.15, 0.2) is 0 Å². The predicted octanol–water partition coefficient (Wildman–Crippen LogP) is 1.43. The molecule has 2 unspecified atom stereocenters. The second-order valence-corrected chi connectivity index (χ2v) is 6.27. The summed E-state index contributed by atoms with van der Waals surface area (Å²) in [5.74, 6) is 0.728. The number of aliphatic hydroxyl groups is 2. The molecule has 1 aromatic rings. The Morgan fingerprint density at radius 2 is 1.87 bits per heavy atom. The Kier molecular flexibility index (Phi) is 7.82. The maximum atomic E-state index is 9.27. The minimum Gasteiger partial charge on any atom is -0.491 e. The Morgan fingerprint density at radius 3 is 2.52 bits per heavy atom. The first-order valence-corrected chi connectivity index (χ1v) is 8.70. The highest BCUT2D eigenvalue weighted by molar-refractivity contribution is 5.27. The number of hydrogen-bond donors (Lipinski definition) is 4. The molecule has 130 valence electrons. The van der Waals surface area contributed by atoms with Gasteiger partial charge in [0.05, 0.1) is 6.61 Å². The fourth-order valence-corrected chi connectivity index (χ4v) is 3.05. The third-order valence-corrected chi connectivity index (χ3v) is 4.37. The molecular weight excluding hydrogens is 292 g/mol. The summed E-state index contributed by atoms with van der Waals surface area (Å²) in [5, 5.41) is 25.1. The van der Waals surface area contributed by atoms with Crippen molar-refractivity contribution in [3.05, 3.63) is 29.8 Å². The van der Waals surface area contributed by atoms with E-state index in [4.69, 9.17) is 9.84 Å². The van der Waals surface area contributed by atoms with Crippen LogP contribution in [0.15, 0.2) is 24.3 Å². The lowest BCUT2D eigenvalue weighted by Gasteiger charge is -2.18. The first kappa shape index (κ1) is 18.2. The highest BCUT2D eigenvalue weighted by Crippen LogP contribution is 2.17. The molecule has 1 aliphatic heterocycles.